The fraction of sp³-hybridized carbons (Fsp3) is 0.667. The van der Waals surface area contributed by atoms with E-state index in [2.05, 4.69) is 35.3 Å². The summed E-state index contributed by atoms with van der Waals surface area (Å²) in [5.41, 5.74) is 1.36. The lowest BCUT2D eigenvalue weighted by Gasteiger charge is -2.02. The van der Waals surface area contributed by atoms with E-state index in [-0.39, 0.29) is 0 Å². The average Bonchev–Trinajstić information content (AvgIpc) is 2.64. The largest absolute Gasteiger partial charge is 0.316 e. The maximum atomic E-state index is 4.21. The van der Waals surface area contributed by atoms with Crippen LogP contribution in [0.2, 0.25) is 0 Å². The Kier molecular flexibility index (Phi) is 5.78. The van der Waals surface area contributed by atoms with Crippen LogP contribution in [0.15, 0.2) is 18.0 Å². The zero-order valence-electron chi connectivity index (χ0n) is 10.5. The van der Waals surface area contributed by atoms with Gasteiger partial charge in [0.05, 0.1) is 0 Å². The molecule has 0 saturated carbocycles. The summed E-state index contributed by atoms with van der Waals surface area (Å²) in [5, 5.41) is 7.44. The van der Waals surface area contributed by atoms with Gasteiger partial charge in [0.2, 0.25) is 0 Å². The van der Waals surface area contributed by atoms with Gasteiger partial charge in [0, 0.05) is 13.5 Å². The summed E-state index contributed by atoms with van der Waals surface area (Å²) in [6.07, 6.45) is 7.05. The second-order valence-electron chi connectivity index (χ2n) is 4.07. The zero-order valence-corrected chi connectivity index (χ0v) is 10.5. The van der Waals surface area contributed by atoms with Crippen LogP contribution in [0.4, 0.5) is 0 Å². The number of nitrogens with one attached hydrogen (secondary N) is 1. The molecule has 0 unspecified atom stereocenters. The topological polar surface area (TPSA) is 42.7 Å². The molecule has 0 aliphatic heterocycles. The highest BCUT2D eigenvalue weighted by Gasteiger charge is 2.00. The molecule has 0 fully saturated rings. The SMILES string of the molecule is CCCNCCC=C(C)Cc1ncnn1C. The number of aryl methyl sites for hydroxylation is 1. The minimum atomic E-state index is 0.893. The third-order valence-electron chi connectivity index (χ3n) is 2.48. The lowest BCUT2D eigenvalue weighted by molar-refractivity contribution is 0.675. The lowest BCUT2D eigenvalue weighted by atomic mass is 10.1. The maximum Gasteiger partial charge on any atom is 0.138 e. The summed E-state index contributed by atoms with van der Waals surface area (Å²) < 4.78 is 1.83. The van der Waals surface area contributed by atoms with Gasteiger partial charge in [-0.3, -0.25) is 4.68 Å². The van der Waals surface area contributed by atoms with Gasteiger partial charge in [-0.15, -0.1) is 0 Å². The summed E-state index contributed by atoms with van der Waals surface area (Å²) in [6.45, 7) is 6.50. The molecule has 1 N–H and O–H groups in total. The first-order valence-corrected chi connectivity index (χ1v) is 5.93. The van der Waals surface area contributed by atoms with Crippen LogP contribution in [-0.2, 0) is 13.5 Å². The molecule has 0 bridgehead atoms. The first-order chi connectivity index (χ1) is 7.74. The van der Waals surface area contributed by atoms with E-state index in [0.29, 0.717) is 0 Å². The van der Waals surface area contributed by atoms with Gasteiger partial charge >= 0.3 is 0 Å². The predicted octanol–water partition coefficient (Wildman–Crippen LogP) is 1.69. The Morgan fingerprint density at radius 3 is 2.94 bits per heavy atom. The van der Waals surface area contributed by atoms with E-state index >= 15 is 0 Å². The van der Waals surface area contributed by atoms with Crippen molar-refractivity contribution in [3.8, 4) is 0 Å². The van der Waals surface area contributed by atoms with Crippen LogP contribution in [0, 0.1) is 0 Å². The molecule has 0 aliphatic rings. The van der Waals surface area contributed by atoms with E-state index < -0.39 is 0 Å². The Bertz CT molecular complexity index is 328. The highest BCUT2D eigenvalue weighted by Crippen LogP contribution is 2.03. The molecule has 0 spiro atoms. The van der Waals surface area contributed by atoms with Gasteiger partial charge in [-0.25, -0.2) is 4.98 Å². The van der Waals surface area contributed by atoms with E-state index in [1.807, 2.05) is 11.7 Å². The molecular weight excluding hydrogens is 200 g/mol. The minimum absolute atomic E-state index is 0.893. The van der Waals surface area contributed by atoms with Gasteiger partial charge in [-0.2, -0.15) is 5.10 Å². The van der Waals surface area contributed by atoms with E-state index in [1.54, 1.807) is 6.33 Å². The second kappa shape index (κ2) is 7.17. The van der Waals surface area contributed by atoms with Crippen LogP contribution < -0.4 is 5.32 Å². The van der Waals surface area contributed by atoms with Gasteiger partial charge in [-0.1, -0.05) is 18.6 Å². The predicted molar refractivity (Wildman–Crippen MR) is 66.2 cm³/mol. The van der Waals surface area contributed by atoms with E-state index in [4.69, 9.17) is 0 Å². The first-order valence-electron chi connectivity index (χ1n) is 5.93. The number of nitrogens with zero attached hydrogens (tertiary/aromatic N) is 3. The van der Waals surface area contributed by atoms with E-state index in [1.165, 1.54) is 12.0 Å². The molecule has 1 rings (SSSR count). The van der Waals surface area contributed by atoms with Crippen LogP contribution in [0.1, 0.15) is 32.5 Å². The molecule has 0 radical (unpaired) electrons. The molecule has 90 valence electrons. The molecule has 0 aliphatic carbocycles. The Hall–Kier alpha value is -1.16. The molecule has 0 saturated heterocycles. The zero-order chi connectivity index (χ0) is 11.8. The van der Waals surface area contributed by atoms with E-state index in [9.17, 15) is 0 Å². The third-order valence-corrected chi connectivity index (χ3v) is 2.48. The van der Waals surface area contributed by atoms with Crippen LogP contribution >= 0.6 is 0 Å². The standard InChI is InChI=1S/C12H22N4/c1-4-7-13-8-5-6-11(2)9-12-14-10-15-16(12)3/h6,10,13H,4-5,7-9H2,1-3H3. The first kappa shape index (κ1) is 12.9. The Morgan fingerprint density at radius 2 is 2.31 bits per heavy atom. The van der Waals surface area contributed by atoms with Crippen molar-refractivity contribution in [3.63, 3.8) is 0 Å². The summed E-state index contributed by atoms with van der Waals surface area (Å²) >= 11 is 0. The van der Waals surface area contributed by atoms with Crippen molar-refractivity contribution in [1.82, 2.24) is 20.1 Å². The Morgan fingerprint density at radius 1 is 1.50 bits per heavy atom. The van der Waals surface area contributed by atoms with Gasteiger partial charge in [0.25, 0.3) is 0 Å². The van der Waals surface area contributed by atoms with Crippen molar-refractivity contribution in [2.75, 3.05) is 13.1 Å². The van der Waals surface area contributed by atoms with Crippen molar-refractivity contribution < 1.29 is 0 Å². The van der Waals surface area contributed by atoms with Crippen molar-refractivity contribution in [2.24, 2.45) is 7.05 Å². The minimum Gasteiger partial charge on any atom is -0.316 e. The normalized spacial score (nSPS) is 12.1. The smallest absolute Gasteiger partial charge is 0.138 e. The van der Waals surface area contributed by atoms with Crippen molar-refractivity contribution >= 4 is 0 Å². The molecule has 1 aromatic rings. The molecule has 16 heavy (non-hydrogen) atoms. The average molecular weight is 222 g/mol. The number of hydrogen-bond donors (Lipinski definition) is 1. The monoisotopic (exact) mass is 222 g/mol. The fourth-order valence-electron chi connectivity index (χ4n) is 1.52. The summed E-state index contributed by atoms with van der Waals surface area (Å²) in [4.78, 5) is 4.21. The van der Waals surface area contributed by atoms with Gasteiger partial charge in [-0.05, 0) is 32.9 Å². The number of allylic oxidation sites excluding steroid dienone is 1. The summed E-state index contributed by atoms with van der Waals surface area (Å²) in [5.74, 6) is 1.02. The van der Waals surface area contributed by atoms with E-state index in [0.717, 1.165) is 31.8 Å². The molecule has 0 aromatic carbocycles. The van der Waals surface area contributed by atoms with Crippen LogP contribution in [-0.4, -0.2) is 27.9 Å². The second-order valence-corrected chi connectivity index (χ2v) is 4.07. The van der Waals surface area contributed by atoms with Gasteiger partial charge in [0.1, 0.15) is 12.2 Å². The van der Waals surface area contributed by atoms with Crippen LogP contribution in [0.25, 0.3) is 0 Å². The quantitative estimate of drug-likeness (QED) is 0.564. The molecular formula is C12H22N4. The molecule has 4 heteroatoms. The number of aromatic nitrogens is 3. The number of rotatable bonds is 7. The Labute approximate surface area is 97.8 Å². The van der Waals surface area contributed by atoms with Crippen molar-refractivity contribution in [3.05, 3.63) is 23.8 Å². The van der Waals surface area contributed by atoms with Crippen LogP contribution in [0.3, 0.4) is 0 Å². The molecule has 1 heterocycles. The Balaban J connectivity index is 2.26. The van der Waals surface area contributed by atoms with Gasteiger partial charge < -0.3 is 5.32 Å². The fourth-order valence-corrected chi connectivity index (χ4v) is 1.52. The highest BCUT2D eigenvalue weighted by molar-refractivity contribution is 5.06. The number of hydrogen-bond acceptors (Lipinski definition) is 3. The molecule has 4 nitrogen and oxygen atoms in total. The maximum absolute atomic E-state index is 4.21. The molecule has 0 atom stereocenters. The molecule has 0 amide bonds. The highest BCUT2D eigenvalue weighted by atomic mass is 15.3. The summed E-state index contributed by atoms with van der Waals surface area (Å²) in [7, 11) is 1.93. The lowest BCUT2D eigenvalue weighted by Crippen LogP contribution is -2.15. The van der Waals surface area contributed by atoms with Gasteiger partial charge in [0.15, 0.2) is 0 Å². The van der Waals surface area contributed by atoms with Crippen molar-refractivity contribution in [1.29, 1.82) is 0 Å². The van der Waals surface area contributed by atoms with Crippen LogP contribution in [0.5, 0.6) is 0 Å². The van der Waals surface area contributed by atoms with Crippen molar-refractivity contribution in [2.45, 2.75) is 33.1 Å². The summed E-state index contributed by atoms with van der Waals surface area (Å²) in [6, 6.07) is 0. The third kappa shape index (κ3) is 4.57. The molecule has 1 aromatic heterocycles.